The molecule has 4 heterocycles. The first-order valence-electron chi connectivity index (χ1n) is 11.2. The highest BCUT2D eigenvalue weighted by Crippen LogP contribution is 2.39. The van der Waals surface area contributed by atoms with Gasteiger partial charge in [-0.25, -0.2) is 9.97 Å². The summed E-state index contributed by atoms with van der Waals surface area (Å²) in [4.78, 5) is 27.5. The third-order valence-electron chi connectivity index (χ3n) is 5.96. The average molecular weight is 484 g/mol. The van der Waals surface area contributed by atoms with Crippen molar-refractivity contribution < 1.29 is 14.3 Å². The number of anilines is 3. The van der Waals surface area contributed by atoms with Crippen LogP contribution in [0, 0.1) is 5.41 Å². The molecule has 5 rings (SSSR count). The second kappa shape index (κ2) is 10.7. The van der Waals surface area contributed by atoms with Gasteiger partial charge in [-0.1, -0.05) is 0 Å². The van der Waals surface area contributed by atoms with Crippen LogP contribution in [-0.4, -0.2) is 65.4 Å². The molecule has 0 radical (unpaired) electrons. The topological polar surface area (TPSA) is 139 Å². The number of aryl methyl sites for hydroxylation is 2. The number of rotatable bonds is 5. The number of morpholine rings is 1. The van der Waals surface area contributed by atoms with E-state index in [9.17, 15) is 4.79 Å². The van der Waals surface area contributed by atoms with Crippen LogP contribution in [0.15, 0.2) is 12.4 Å². The number of nitrogen functional groups attached to an aromatic ring is 1. The van der Waals surface area contributed by atoms with Crippen LogP contribution in [0.2, 0.25) is 0 Å². The first-order valence-corrected chi connectivity index (χ1v) is 12.0. The standard InChI is InChI=1S/C17H18N6OS.C6H11NO2/c1-24-16-11(6-9(7-18)14(19)23-16)22-15-13-10-4-2-3-5-12(10)25-17(13)21-8-20-15;1-6-4-9-3-2-7(6)5-8/h6-8,18H,2-5H2,1H3,(H2,19,23)(H,20,21,22);5-6H,2-4H2,1H3/t;6-/m.1/s1. The van der Waals surface area contributed by atoms with Crippen LogP contribution in [-0.2, 0) is 22.4 Å². The highest BCUT2D eigenvalue weighted by atomic mass is 32.1. The lowest BCUT2D eigenvalue weighted by atomic mass is 9.97. The minimum absolute atomic E-state index is 0.260. The molecular formula is C23H29N7O3S. The molecule has 1 aliphatic heterocycles. The summed E-state index contributed by atoms with van der Waals surface area (Å²) < 4.78 is 10.4. The number of ether oxygens (including phenoxy) is 2. The van der Waals surface area contributed by atoms with Crippen molar-refractivity contribution in [3.05, 3.63) is 28.4 Å². The number of pyridine rings is 1. The van der Waals surface area contributed by atoms with Crippen molar-refractivity contribution in [2.45, 2.75) is 38.6 Å². The molecule has 11 heteroatoms. The Labute approximate surface area is 202 Å². The molecule has 3 aromatic heterocycles. The van der Waals surface area contributed by atoms with Crippen molar-refractivity contribution in [3.8, 4) is 5.88 Å². The lowest BCUT2D eigenvalue weighted by Crippen LogP contribution is -2.42. The van der Waals surface area contributed by atoms with Crippen LogP contribution in [0.3, 0.4) is 0 Å². The van der Waals surface area contributed by atoms with Gasteiger partial charge in [-0.05, 0) is 44.2 Å². The molecule has 1 saturated heterocycles. The SMILES string of the molecule is COc1nc(N)c(C=N)cc1Nc1ncnc2sc3c(c12)CCCC3.C[C@@H]1COCCN1C=O. The average Bonchev–Trinajstić information content (AvgIpc) is 3.25. The number of carbonyl (C=O) groups excluding carboxylic acids is 1. The number of amides is 1. The van der Waals surface area contributed by atoms with Crippen molar-refractivity contribution in [1.82, 2.24) is 19.9 Å². The molecule has 1 amide bonds. The molecular weight excluding hydrogens is 454 g/mol. The summed E-state index contributed by atoms with van der Waals surface area (Å²) in [6.07, 6.45) is 8.22. The Kier molecular flexibility index (Phi) is 7.53. The minimum atomic E-state index is 0.260. The van der Waals surface area contributed by atoms with Crippen molar-refractivity contribution in [2.24, 2.45) is 0 Å². The van der Waals surface area contributed by atoms with Crippen LogP contribution in [0.4, 0.5) is 17.3 Å². The van der Waals surface area contributed by atoms with Gasteiger partial charge in [0.1, 0.15) is 28.5 Å². The van der Waals surface area contributed by atoms with E-state index in [1.54, 1.807) is 35.7 Å². The molecule has 0 spiro atoms. The van der Waals surface area contributed by atoms with Crippen molar-refractivity contribution in [1.29, 1.82) is 5.41 Å². The maximum atomic E-state index is 10.2. The normalized spacial score (nSPS) is 17.4. The van der Waals surface area contributed by atoms with E-state index in [1.165, 1.54) is 29.5 Å². The quantitative estimate of drug-likeness (QED) is 0.371. The van der Waals surface area contributed by atoms with Crippen molar-refractivity contribution >= 4 is 51.5 Å². The fourth-order valence-electron chi connectivity index (χ4n) is 4.10. The van der Waals surface area contributed by atoms with Gasteiger partial charge in [0, 0.05) is 23.2 Å². The fourth-order valence-corrected chi connectivity index (χ4v) is 5.32. The Bertz CT molecular complexity index is 1180. The van der Waals surface area contributed by atoms with Gasteiger partial charge in [-0.2, -0.15) is 4.98 Å². The van der Waals surface area contributed by atoms with Crippen molar-refractivity contribution in [2.75, 3.05) is 37.9 Å². The van der Waals surface area contributed by atoms with Gasteiger partial charge in [0.2, 0.25) is 12.3 Å². The van der Waals surface area contributed by atoms with Gasteiger partial charge in [0.15, 0.2) is 0 Å². The summed E-state index contributed by atoms with van der Waals surface area (Å²) in [5.41, 5.74) is 8.35. The van der Waals surface area contributed by atoms with Gasteiger partial charge in [0.25, 0.3) is 0 Å². The molecule has 1 aliphatic carbocycles. The molecule has 0 saturated carbocycles. The van der Waals surface area contributed by atoms with Gasteiger partial charge < -0.3 is 30.8 Å². The van der Waals surface area contributed by atoms with E-state index in [0.29, 0.717) is 30.3 Å². The first kappa shape index (κ1) is 23.8. The molecule has 34 heavy (non-hydrogen) atoms. The number of hydrogen-bond acceptors (Lipinski definition) is 10. The third kappa shape index (κ3) is 4.95. The molecule has 0 bridgehead atoms. The number of carbonyl (C=O) groups is 1. The van der Waals surface area contributed by atoms with Crippen LogP contribution < -0.4 is 15.8 Å². The van der Waals surface area contributed by atoms with Crippen LogP contribution in [0.1, 0.15) is 35.8 Å². The second-order valence-electron chi connectivity index (χ2n) is 8.17. The van der Waals surface area contributed by atoms with Crippen LogP contribution >= 0.6 is 11.3 Å². The summed E-state index contributed by atoms with van der Waals surface area (Å²) in [6, 6.07) is 2.01. The number of hydrogen-bond donors (Lipinski definition) is 3. The van der Waals surface area contributed by atoms with E-state index in [4.69, 9.17) is 20.6 Å². The molecule has 0 aromatic carbocycles. The number of aromatic nitrogens is 3. The van der Waals surface area contributed by atoms with E-state index >= 15 is 0 Å². The molecule has 2 aliphatic rings. The van der Waals surface area contributed by atoms with Gasteiger partial charge in [-0.15, -0.1) is 11.3 Å². The van der Waals surface area contributed by atoms with E-state index in [0.717, 1.165) is 41.8 Å². The molecule has 0 unspecified atom stereocenters. The minimum Gasteiger partial charge on any atom is -0.479 e. The summed E-state index contributed by atoms with van der Waals surface area (Å²) in [5.74, 6) is 1.38. The summed E-state index contributed by atoms with van der Waals surface area (Å²) in [7, 11) is 1.54. The zero-order valence-corrected chi connectivity index (χ0v) is 20.2. The first-order chi connectivity index (χ1) is 16.5. The Hall–Kier alpha value is -3.31. The zero-order chi connectivity index (χ0) is 24.1. The summed E-state index contributed by atoms with van der Waals surface area (Å²) >= 11 is 1.75. The lowest BCUT2D eigenvalue weighted by molar-refractivity contribution is -0.125. The molecule has 1 atom stereocenters. The number of methoxy groups -OCH3 is 1. The van der Waals surface area contributed by atoms with Crippen molar-refractivity contribution in [3.63, 3.8) is 0 Å². The Balaban J connectivity index is 0.000000257. The number of nitrogens with zero attached hydrogens (tertiary/aromatic N) is 4. The second-order valence-corrected chi connectivity index (χ2v) is 9.25. The number of thiophene rings is 1. The maximum Gasteiger partial charge on any atom is 0.239 e. The highest BCUT2D eigenvalue weighted by molar-refractivity contribution is 7.19. The maximum absolute atomic E-state index is 10.2. The van der Waals surface area contributed by atoms with Gasteiger partial charge >= 0.3 is 0 Å². The lowest BCUT2D eigenvalue weighted by Gasteiger charge is -2.29. The smallest absolute Gasteiger partial charge is 0.239 e. The monoisotopic (exact) mass is 483 g/mol. The van der Waals surface area contributed by atoms with Crippen LogP contribution in [0.25, 0.3) is 10.2 Å². The summed E-state index contributed by atoms with van der Waals surface area (Å²) in [5, 5.41) is 11.9. The molecule has 180 valence electrons. The van der Waals surface area contributed by atoms with Crippen LogP contribution in [0.5, 0.6) is 5.88 Å². The van der Waals surface area contributed by atoms with E-state index in [1.807, 2.05) is 6.92 Å². The molecule has 3 aromatic rings. The van der Waals surface area contributed by atoms with E-state index in [2.05, 4.69) is 20.3 Å². The summed E-state index contributed by atoms with van der Waals surface area (Å²) in [6.45, 7) is 4.08. The predicted molar refractivity (Wildman–Crippen MR) is 133 cm³/mol. The predicted octanol–water partition coefficient (Wildman–Crippen LogP) is 3.16. The fraction of sp³-hybridized carbons (Fsp3) is 0.435. The Morgan fingerprint density at radius 2 is 2.18 bits per heavy atom. The Morgan fingerprint density at radius 1 is 1.35 bits per heavy atom. The number of nitrogens with two attached hydrogens (primary N) is 1. The Morgan fingerprint density at radius 3 is 2.88 bits per heavy atom. The largest absolute Gasteiger partial charge is 0.479 e. The van der Waals surface area contributed by atoms with E-state index < -0.39 is 0 Å². The van der Waals surface area contributed by atoms with Gasteiger partial charge in [-0.3, -0.25) is 4.79 Å². The zero-order valence-electron chi connectivity index (χ0n) is 19.3. The van der Waals surface area contributed by atoms with Gasteiger partial charge in [0.05, 0.1) is 31.8 Å². The third-order valence-corrected chi connectivity index (χ3v) is 7.16. The highest BCUT2D eigenvalue weighted by Gasteiger charge is 2.21. The molecule has 4 N–H and O–H groups in total. The number of nitrogens with one attached hydrogen (secondary N) is 2. The van der Waals surface area contributed by atoms with E-state index in [-0.39, 0.29) is 11.9 Å². The number of fused-ring (bicyclic) bond motifs is 3. The molecule has 10 nitrogen and oxygen atoms in total. The molecule has 1 fully saturated rings.